The van der Waals surface area contributed by atoms with Gasteiger partial charge in [0.1, 0.15) is 5.75 Å². The Morgan fingerprint density at radius 1 is 1.53 bits per heavy atom. The van der Waals surface area contributed by atoms with Crippen molar-refractivity contribution in [1.82, 2.24) is 5.32 Å². The fourth-order valence-electron chi connectivity index (χ4n) is 1.56. The van der Waals surface area contributed by atoms with Crippen LogP contribution in [0.5, 0.6) is 5.75 Å². The van der Waals surface area contributed by atoms with Gasteiger partial charge in [0.2, 0.25) is 0 Å². The summed E-state index contributed by atoms with van der Waals surface area (Å²) >= 11 is 0. The Labute approximate surface area is 92.0 Å². The minimum Gasteiger partial charge on any atom is -0.496 e. The van der Waals surface area contributed by atoms with Crippen LogP contribution < -0.4 is 10.1 Å². The zero-order valence-electron chi connectivity index (χ0n) is 9.71. The topological polar surface area (TPSA) is 21.3 Å². The molecule has 1 N–H and O–H groups in total. The lowest BCUT2D eigenvalue weighted by Gasteiger charge is -2.17. The van der Waals surface area contributed by atoms with Crippen LogP contribution in [0.4, 0.5) is 0 Å². The monoisotopic (exact) mass is 205 g/mol. The van der Waals surface area contributed by atoms with Gasteiger partial charge in [0.25, 0.3) is 0 Å². The SMILES string of the molecule is C=CCNC(C)c1cc(C)ccc1OC. The summed E-state index contributed by atoms with van der Waals surface area (Å²) in [5.74, 6) is 0.935. The van der Waals surface area contributed by atoms with E-state index < -0.39 is 0 Å². The molecular formula is C13H19NO. The Bertz CT molecular complexity index is 333. The van der Waals surface area contributed by atoms with Crippen molar-refractivity contribution in [3.05, 3.63) is 42.0 Å². The van der Waals surface area contributed by atoms with Gasteiger partial charge in [-0.15, -0.1) is 6.58 Å². The molecule has 0 radical (unpaired) electrons. The highest BCUT2D eigenvalue weighted by atomic mass is 16.5. The van der Waals surface area contributed by atoms with E-state index in [1.54, 1.807) is 7.11 Å². The van der Waals surface area contributed by atoms with E-state index in [1.165, 1.54) is 11.1 Å². The summed E-state index contributed by atoms with van der Waals surface area (Å²) in [6, 6.07) is 6.50. The van der Waals surface area contributed by atoms with Crippen LogP contribution in [0, 0.1) is 6.92 Å². The molecule has 0 aromatic heterocycles. The zero-order valence-corrected chi connectivity index (χ0v) is 9.71. The van der Waals surface area contributed by atoms with Crippen molar-refractivity contribution < 1.29 is 4.74 Å². The molecule has 1 aromatic carbocycles. The second-order valence-electron chi connectivity index (χ2n) is 3.66. The molecule has 1 unspecified atom stereocenters. The summed E-state index contributed by atoms with van der Waals surface area (Å²) in [6.07, 6.45) is 1.86. The number of rotatable bonds is 5. The van der Waals surface area contributed by atoms with Crippen molar-refractivity contribution in [2.45, 2.75) is 19.9 Å². The van der Waals surface area contributed by atoms with Crippen molar-refractivity contribution >= 4 is 0 Å². The minimum absolute atomic E-state index is 0.276. The highest BCUT2D eigenvalue weighted by molar-refractivity contribution is 5.38. The van der Waals surface area contributed by atoms with Gasteiger partial charge in [0.05, 0.1) is 7.11 Å². The first kappa shape index (κ1) is 11.8. The van der Waals surface area contributed by atoms with Crippen molar-refractivity contribution in [3.8, 4) is 5.75 Å². The number of benzene rings is 1. The lowest BCUT2D eigenvalue weighted by Crippen LogP contribution is -2.19. The second kappa shape index (κ2) is 5.56. The van der Waals surface area contributed by atoms with E-state index in [9.17, 15) is 0 Å². The van der Waals surface area contributed by atoms with E-state index in [0.717, 1.165) is 12.3 Å². The van der Waals surface area contributed by atoms with Crippen molar-refractivity contribution in [2.75, 3.05) is 13.7 Å². The molecule has 0 bridgehead atoms. The van der Waals surface area contributed by atoms with Crippen molar-refractivity contribution in [2.24, 2.45) is 0 Å². The molecular weight excluding hydrogens is 186 g/mol. The van der Waals surface area contributed by atoms with Crippen LogP contribution in [0.1, 0.15) is 24.1 Å². The lowest BCUT2D eigenvalue weighted by molar-refractivity contribution is 0.403. The lowest BCUT2D eigenvalue weighted by atomic mass is 10.0. The fraction of sp³-hybridized carbons (Fsp3) is 0.385. The molecule has 0 aliphatic rings. The van der Waals surface area contributed by atoms with Gasteiger partial charge in [-0.2, -0.15) is 0 Å². The van der Waals surface area contributed by atoms with Crippen LogP contribution in [0.15, 0.2) is 30.9 Å². The highest BCUT2D eigenvalue weighted by Crippen LogP contribution is 2.25. The summed E-state index contributed by atoms with van der Waals surface area (Å²) in [6.45, 7) is 8.71. The number of hydrogen-bond acceptors (Lipinski definition) is 2. The number of aryl methyl sites for hydroxylation is 1. The summed E-state index contributed by atoms with van der Waals surface area (Å²) < 4.78 is 5.34. The van der Waals surface area contributed by atoms with E-state index in [-0.39, 0.29) is 6.04 Å². The molecule has 0 saturated heterocycles. The molecule has 0 amide bonds. The molecule has 0 aliphatic heterocycles. The van der Waals surface area contributed by atoms with Crippen LogP contribution in [-0.4, -0.2) is 13.7 Å². The largest absolute Gasteiger partial charge is 0.496 e. The Hall–Kier alpha value is -1.28. The molecule has 0 saturated carbocycles. The zero-order chi connectivity index (χ0) is 11.3. The van der Waals surface area contributed by atoms with E-state index >= 15 is 0 Å². The third kappa shape index (κ3) is 3.10. The molecule has 82 valence electrons. The first-order chi connectivity index (χ1) is 7.19. The van der Waals surface area contributed by atoms with Gasteiger partial charge in [0, 0.05) is 18.2 Å². The first-order valence-electron chi connectivity index (χ1n) is 5.18. The number of nitrogens with one attached hydrogen (secondary N) is 1. The van der Waals surface area contributed by atoms with Gasteiger partial charge in [-0.3, -0.25) is 0 Å². The minimum atomic E-state index is 0.276. The average molecular weight is 205 g/mol. The van der Waals surface area contributed by atoms with Gasteiger partial charge in [-0.1, -0.05) is 23.8 Å². The van der Waals surface area contributed by atoms with Gasteiger partial charge in [0.15, 0.2) is 0 Å². The standard InChI is InChI=1S/C13H19NO/c1-5-8-14-11(3)12-9-10(2)6-7-13(12)15-4/h5-7,9,11,14H,1,8H2,2-4H3. The van der Waals surface area contributed by atoms with E-state index in [4.69, 9.17) is 4.74 Å². The Balaban J connectivity index is 2.89. The van der Waals surface area contributed by atoms with E-state index in [1.807, 2.05) is 12.1 Å². The Morgan fingerprint density at radius 2 is 2.27 bits per heavy atom. The predicted molar refractivity (Wildman–Crippen MR) is 64.3 cm³/mol. The predicted octanol–water partition coefficient (Wildman–Crippen LogP) is 2.84. The molecule has 0 heterocycles. The molecule has 1 rings (SSSR count). The van der Waals surface area contributed by atoms with Gasteiger partial charge in [-0.25, -0.2) is 0 Å². The van der Waals surface area contributed by atoms with Gasteiger partial charge >= 0.3 is 0 Å². The van der Waals surface area contributed by atoms with Crippen LogP contribution in [0.25, 0.3) is 0 Å². The van der Waals surface area contributed by atoms with E-state index in [0.29, 0.717) is 0 Å². The number of ether oxygens (including phenoxy) is 1. The number of hydrogen-bond donors (Lipinski definition) is 1. The Morgan fingerprint density at radius 3 is 2.87 bits per heavy atom. The quantitative estimate of drug-likeness (QED) is 0.746. The molecule has 0 aliphatic carbocycles. The Kier molecular flexibility index (Phi) is 4.37. The van der Waals surface area contributed by atoms with E-state index in [2.05, 4.69) is 37.9 Å². The molecule has 0 spiro atoms. The van der Waals surface area contributed by atoms with Gasteiger partial charge in [-0.05, 0) is 19.9 Å². The smallest absolute Gasteiger partial charge is 0.123 e. The molecule has 1 aromatic rings. The maximum Gasteiger partial charge on any atom is 0.123 e. The average Bonchev–Trinajstić information content (AvgIpc) is 2.25. The molecule has 1 atom stereocenters. The molecule has 15 heavy (non-hydrogen) atoms. The van der Waals surface area contributed by atoms with Crippen molar-refractivity contribution in [3.63, 3.8) is 0 Å². The highest BCUT2D eigenvalue weighted by Gasteiger charge is 2.09. The van der Waals surface area contributed by atoms with Gasteiger partial charge < -0.3 is 10.1 Å². The maximum absolute atomic E-state index is 5.34. The van der Waals surface area contributed by atoms with Crippen LogP contribution in [-0.2, 0) is 0 Å². The van der Waals surface area contributed by atoms with Crippen LogP contribution in [0.3, 0.4) is 0 Å². The second-order valence-corrected chi connectivity index (χ2v) is 3.66. The summed E-state index contributed by atoms with van der Waals surface area (Å²) in [4.78, 5) is 0. The summed E-state index contributed by atoms with van der Waals surface area (Å²) in [7, 11) is 1.70. The normalized spacial score (nSPS) is 12.2. The van der Waals surface area contributed by atoms with Crippen LogP contribution >= 0.6 is 0 Å². The maximum atomic E-state index is 5.34. The summed E-state index contributed by atoms with van der Waals surface area (Å²) in [5.41, 5.74) is 2.44. The molecule has 2 nitrogen and oxygen atoms in total. The summed E-state index contributed by atoms with van der Waals surface area (Å²) in [5, 5.41) is 3.35. The third-order valence-corrected chi connectivity index (χ3v) is 2.42. The number of methoxy groups -OCH3 is 1. The first-order valence-corrected chi connectivity index (χ1v) is 5.18. The molecule has 2 heteroatoms. The fourth-order valence-corrected chi connectivity index (χ4v) is 1.56. The third-order valence-electron chi connectivity index (χ3n) is 2.42. The van der Waals surface area contributed by atoms with Crippen molar-refractivity contribution in [1.29, 1.82) is 0 Å². The van der Waals surface area contributed by atoms with Crippen LogP contribution in [0.2, 0.25) is 0 Å². The molecule has 0 fully saturated rings.